The lowest BCUT2D eigenvalue weighted by atomic mass is 9.91. The van der Waals surface area contributed by atoms with E-state index < -0.39 is 45.6 Å². The number of hydrogen-bond donors (Lipinski definition) is 3. The van der Waals surface area contributed by atoms with Crippen LogP contribution in [0, 0.1) is 17.8 Å². The number of hydroxylamine groups is 2. The Balaban J connectivity index is 1.30. The number of primary amides is 1. The Kier molecular flexibility index (Phi) is 11.7. The standard InChI is InChI=1S/C37H40ClN5O7S/c1-3-23(2)33(42-22-40-34(38)31(42)21-44)26-15-13-25(14-16-26)29-11-7-8-12-32(29)51(49,50)41-36(46)27-17-18-28(20-27)43(48)37(47)30(35(39)45)19-24-9-5-4-6-10-24/h4-16,21-23,27-28,30,33,48H,3,17-20H2,1-2H3,(H2,39,45)(H,41,46)/t23?,27-,28+,30?,33?/m0/s1. The van der Waals surface area contributed by atoms with Crippen molar-refractivity contribution in [3.8, 4) is 11.1 Å². The molecular formula is C37H40ClN5O7S. The molecule has 5 atom stereocenters. The first-order valence-corrected chi connectivity index (χ1v) is 18.5. The van der Waals surface area contributed by atoms with Crippen LogP contribution in [0.4, 0.5) is 0 Å². The zero-order valence-corrected chi connectivity index (χ0v) is 29.8. The molecule has 0 spiro atoms. The summed E-state index contributed by atoms with van der Waals surface area (Å²) in [6.45, 7) is 4.09. The van der Waals surface area contributed by atoms with Gasteiger partial charge in [0.05, 0.1) is 23.3 Å². The summed E-state index contributed by atoms with van der Waals surface area (Å²) in [4.78, 5) is 54.3. The molecule has 4 N–H and O–H groups in total. The largest absolute Gasteiger partial charge is 0.369 e. The number of hydrogen-bond acceptors (Lipinski definition) is 8. The fourth-order valence-electron chi connectivity index (χ4n) is 6.65. The van der Waals surface area contributed by atoms with Crippen molar-refractivity contribution in [3.05, 3.63) is 107 Å². The van der Waals surface area contributed by atoms with E-state index in [0.29, 0.717) is 28.0 Å². The van der Waals surface area contributed by atoms with Gasteiger partial charge in [0, 0.05) is 11.5 Å². The summed E-state index contributed by atoms with van der Waals surface area (Å²) >= 11 is 6.16. The normalized spacial score (nSPS) is 17.6. The van der Waals surface area contributed by atoms with E-state index in [0.717, 1.165) is 12.0 Å². The van der Waals surface area contributed by atoms with Gasteiger partial charge in [-0.3, -0.25) is 24.4 Å². The van der Waals surface area contributed by atoms with Crippen molar-refractivity contribution in [3.63, 3.8) is 0 Å². The van der Waals surface area contributed by atoms with Crippen molar-refractivity contribution in [2.24, 2.45) is 23.5 Å². The summed E-state index contributed by atoms with van der Waals surface area (Å²) in [7, 11) is -4.35. The molecular weight excluding hydrogens is 694 g/mol. The van der Waals surface area contributed by atoms with Gasteiger partial charge in [-0.05, 0) is 54.4 Å². The number of rotatable bonds is 14. The number of benzene rings is 3. The van der Waals surface area contributed by atoms with Gasteiger partial charge in [0.1, 0.15) is 11.6 Å². The van der Waals surface area contributed by atoms with Crippen molar-refractivity contribution in [1.29, 1.82) is 0 Å². The number of sulfonamides is 1. The molecule has 0 radical (unpaired) electrons. The van der Waals surface area contributed by atoms with Gasteiger partial charge in [0.25, 0.3) is 15.9 Å². The van der Waals surface area contributed by atoms with Crippen molar-refractivity contribution >= 4 is 45.6 Å². The number of aromatic nitrogens is 2. The molecule has 0 bridgehead atoms. The van der Waals surface area contributed by atoms with Crippen LogP contribution in [0.15, 0.2) is 90.1 Å². The van der Waals surface area contributed by atoms with Gasteiger partial charge in [0.2, 0.25) is 11.8 Å². The van der Waals surface area contributed by atoms with Gasteiger partial charge < -0.3 is 10.3 Å². The van der Waals surface area contributed by atoms with E-state index in [9.17, 15) is 32.8 Å². The number of carbonyl (C=O) groups is 4. The Hall–Kier alpha value is -4.85. The number of nitrogens with two attached hydrogens (primary N) is 1. The summed E-state index contributed by atoms with van der Waals surface area (Å²) in [5.74, 6) is -4.55. The highest BCUT2D eigenvalue weighted by Crippen LogP contribution is 2.35. The molecule has 3 aromatic carbocycles. The molecule has 3 unspecified atom stereocenters. The van der Waals surface area contributed by atoms with Gasteiger partial charge in [-0.15, -0.1) is 0 Å². The van der Waals surface area contributed by atoms with Crippen molar-refractivity contribution in [2.75, 3.05) is 0 Å². The molecule has 0 aliphatic heterocycles. The lowest BCUT2D eigenvalue weighted by Gasteiger charge is -2.26. The van der Waals surface area contributed by atoms with Crippen LogP contribution in [0.3, 0.4) is 0 Å². The Morgan fingerprint density at radius 1 is 1.06 bits per heavy atom. The summed E-state index contributed by atoms with van der Waals surface area (Å²) in [6, 6.07) is 21.3. The van der Waals surface area contributed by atoms with Crippen LogP contribution in [0.1, 0.15) is 67.2 Å². The van der Waals surface area contributed by atoms with Gasteiger partial charge in [-0.1, -0.05) is 105 Å². The molecule has 3 amide bonds. The summed E-state index contributed by atoms with van der Waals surface area (Å²) in [6.07, 6.45) is 3.44. The second kappa shape index (κ2) is 16.0. The molecule has 0 saturated heterocycles. The predicted octanol–water partition coefficient (Wildman–Crippen LogP) is 5.19. The molecule has 1 aromatic heterocycles. The Labute approximate surface area is 301 Å². The topological polar surface area (TPSA) is 182 Å². The molecule has 1 fully saturated rings. The first-order chi connectivity index (χ1) is 24.4. The summed E-state index contributed by atoms with van der Waals surface area (Å²) < 4.78 is 31.3. The average Bonchev–Trinajstić information content (AvgIpc) is 3.77. The zero-order valence-electron chi connectivity index (χ0n) is 28.2. The molecule has 1 aliphatic rings. The van der Waals surface area contributed by atoms with Crippen LogP contribution in [-0.4, -0.2) is 58.3 Å². The molecule has 5 rings (SSSR count). The zero-order chi connectivity index (χ0) is 36.9. The number of nitrogens with zero attached hydrogens (tertiary/aromatic N) is 3. The Bertz CT molecular complexity index is 2000. The smallest absolute Gasteiger partial charge is 0.264 e. The number of nitrogens with one attached hydrogen (secondary N) is 1. The fourth-order valence-corrected chi connectivity index (χ4v) is 8.11. The summed E-state index contributed by atoms with van der Waals surface area (Å²) in [5, 5.41) is 11.4. The van der Waals surface area contributed by atoms with Gasteiger partial charge in [0.15, 0.2) is 11.4 Å². The van der Waals surface area contributed by atoms with E-state index in [4.69, 9.17) is 17.3 Å². The lowest BCUT2D eigenvalue weighted by Crippen LogP contribution is -2.45. The molecule has 268 valence electrons. The second-order valence-corrected chi connectivity index (χ2v) is 14.9. The van der Waals surface area contributed by atoms with Crippen LogP contribution in [-0.2, 0) is 30.8 Å². The number of amides is 3. The van der Waals surface area contributed by atoms with E-state index in [2.05, 4.69) is 16.6 Å². The highest BCUT2D eigenvalue weighted by atomic mass is 35.5. The minimum Gasteiger partial charge on any atom is -0.369 e. The quantitative estimate of drug-likeness (QED) is 0.0685. The van der Waals surface area contributed by atoms with Crippen LogP contribution in [0.25, 0.3) is 11.1 Å². The van der Waals surface area contributed by atoms with Crippen LogP contribution < -0.4 is 10.5 Å². The Morgan fingerprint density at radius 2 is 1.73 bits per heavy atom. The molecule has 51 heavy (non-hydrogen) atoms. The lowest BCUT2D eigenvalue weighted by molar-refractivity contribution is -0.181. The molecule has 1 aliphatic carbocycles. The number of halogens is 1. The second-order valence-electron chi connectivity index (χ2n) is 12.9. The highest BCUT2D eigenvalue weighted by Gasteiger charge is 2.39. The third-order valence-corrected chi connectivity index (χ3v) is 11.3. The van der Waals surface area contributed by atoms with E-state index in [1.54, 1.807) is 65.2 Å². The van der Waals surface area contributed by atoms with E-state index in [-0.39, 0.29) is 53.4 Å². The van der Waals surface area contributed by atoms with Crippen LogP contribution in [0.5, 0.6) is 0 Å². The maximum Gasteiger partial charge on any atom is 0.264 e. The number of imidazole rings is 1. The van der Waals surface area contributed by atoms with Gasteiger partial charge in [-0.25, -0.2) is 23.2 Å². The first-order valence-electron chi connectivity index (χ1n) is 16.6. The molecule has 4 aromatic rings. The molecule has 14 heteroatoms. The maximum atomic E-state index is 13.7. The number of aldehydes is 1. The third-order valence-electron chi connectivity index (χ3n) is 9.63. The van der Waals surface area contributed by atoms with E-state index in [1.165, 1.54) is 12.4 Å². The molecule has 12 nitrogen and oxygen atoms in total. The first kappa shape index (κ1) is 37.4. The van der Waals surface area contributed by atoms with Crippen molar-refractivity contribution in [1.82, 2.24) is 19.3 Å². The van der Waals surface area contributed by atoms with E-state index in [1.807, 2.05) is 19.1 Å². The molecule has 1 heterocycles. The minimum atomic E-state index is -4.35. The number of carbonyl (C=O) groups excluding carboxylic acids is 4. The maximum absolute atomic E-state index is 13.7. The van der Waals surface area contributed by atoms with Crippen molar-refractivity contribution < 1.29 is 32.8 Å². The Morgan fingerprint density at radius 3 is 2.37 bits per heavy atom. The highest BCUT2D eigenvalue weighted by molar-refractivity contribution is 7.90. The third kappa shape index (κ3) is 8.22. The monoisotopic (exact) mass is 733 g/mol. The fraction of sp³-hybridized carbons (Fsp3) is 0.324. The predicted molar refractivity (Wildman–Crippen MR) is 190 cm³/mol. The summed E-state index contributed by atoms with van der Waals surface area (Å²) in [5.41, 5.74) is 8.29. The minimum absolute atomic E-state index is 0.00209. The van der Waals surface area contributed by atoms with Crippen LogP contribution in [0.2, 0.25) is 5.15 Å². The molecule has 1 saturated carbocycles. The van der Waals surface area contributed by atoms with Crippen LogP contribution >= 0.6 is 11.6 Å². The SMILES string of the molecule is CCC(C)C(c1ccc(-c2ccccc2S(=O)(=O)NC(=O)[C@H]2CC[C@@H](N(O)C(=O)C(Cc3ccccc3)C(N)=O)C2)cc1)n1cnc(Cl)c1C=O. The van der Waals surface area contributed by atoms with Gasteiger partial charge >= 0.3 is 0 Å². The van der Waals surface area contributed by atoms with Crippen molar-refractivity contribution in [2.45, 2.75) is 62.9 Å². The van der Waals surface area contributed by atoms with Gasteiger partial charge in [-0.2, -0.15) is 0 Å². The van der Waals surface area contributed by atoms with E-state index >= 15 is 0 Å². The average molecular weight is 734 g/mol.